The maximum absolute atomic E-state index is 5.85. The van der Waals surface area contributed by atoms with Crippen molar-refractivity contribution in [1.29, 1.82) is 0 Å². The number of thiol groups is 1. The first kappa shape index (κ1) is 11.4. The molecule has 3 nitrogen and oxygen atoms in total. The number of morpholine rings is 1. The Morgan fingerprint density at radius 3 is 2.94 bits per heavy atom. The second kappa shape index (κ2) is 5.30. The average molecular weight is 236 g/mol. The van der Waals surface area contributed by atoms with Crippen LogP contribution in [0.25, 0.3) is 0 Å². The third-order valence-electron chi connectivity index (χ3n) is 2.74. The van der Waals surface area contributed by atoms with Crippen LogP contribution in [0, 0.1) is 0 Å². The molecule has 1 saturated heterocycles. The minimum atomic E-state index is 0.729. The minimum Gasteiger partial charge on any atom is -0.398 e. The van der Waals surface area contributed by atoms with Gasteiger partial charge in [-0.25, -0.2) is 0 Å². The van der Waals surface area contributed by atoms with E-state index in [0.29, 0.717) is 0 Å². The lowest BCUT2D eigenvalue weighted by atomic mass is 10.0. The van der Waals surface area contributed by atoms with Crippen LogP contribution in [-0.2, 0) is 4.74 Å². The summed E-state index contributed by atoms with van der Waals surface area (Å²) in [5.41, 5.74) is 12.1. The molecule has 4 heteroatoms. The fraction of sp³-hybridized carbons (Fsp3) is 0.417. The molecule has 0 aromatic heterocycles. The van der Waals surface area contributed by atoms with Crippen molar-refractivity contribution in [3.8, 4) is 0 Å². The van der Waals surface area contributed by atoms with E-state index in [0.717, 1.165) is 49.7 Å². The summed E-state index contributed by atoms with van der Waals surface area (Å²) < 4.78 is 5.32. The van der Waals surface area contributed by atoms with Gasteiger partial charge in [-0.1, -0.05) is 5.73 Å². The van der Waals surface area contributed by atoms with Crippen LogP contribution in [0.4, 0.5) is 0 Å². The molecule has 0 aromatic carbocycles. The standard InChI is InChI=1S/C12H16N2OS/c13-12(9-16)10-2-1-3-11(8-10)14-4-6-15-7-5-14/h1,8-9,16H,2,4-7,13H2/b12-9-. The molecule has 0 radical (unpaired) electrons. The highest BCUT2D eigenvalue weighted by molar-refractivity contribution is 7.83. The summed E-state index contributed by atoms with van der Waals surface area (Å²) in [5, 5.41) is 1.64. The minimum absolute atomic E-state index is 0.729. The molecule has 0 spiro atoms. The van der Waals surface area contributed by atoms with Crippen molar-refractivity contribution in [2.75, 3.05) is 26.3 Å². The number of ether oxygens (including phenoxy) is 1. The average Bonchev–Trinajstić information content (AvgIpc) is 2.39. The number of nitrogens with two attached hydrogens (primary N) is 1. The fourth-order valence-electron chi connectivity index (χ4n) is 1.80. The van der Waals surface area contributed by atoms with Gasteiger partial charge < -0.3 is 15.4 Å². The molecule has 86 valence electrons. The zero-order chi connectivity index (χ0) is 11.4. The first-order valence-corrected chi connectivity index (χ1v) is 5.91. The predicted octanol–water partition coefficient (Wildman–Crippen LogP) is 1.42. The molecule has 0 atom stereocenters. The van der Waals surface area contributed by atoms with Gasteiger partial charge in [0.1, 0.15) is 0 Å². The summed E-state index contributed by atoms with van der Waals surface area (Å²) in [4.78, 5) is 2.27. The van der Waals surface area contributed by atoms with Gasteiger partial charge in [-0.05, 0) is 23.1 Å². The molecule has 0 saturated carbocycles. The Morgan fingerprint density at radius 1 is 1.50 bits per heavy atom. The molecular weight excluding hydrogens is 220 g/mol. The van der Waals surface area contributed by atoms with E-state index in [9.17, 15) is 0 Å². The van der Waals surface area contributed by atoms with Crippen LogP contribution in [0.1, 0.15) is 6.42 Å². The topological polar surface area (TPSA) is 38.5 Å². The highest BCUT2D eigenvalue weighted by Gasteiger charge is 2.14. The molecule has 0 bridgehead atoms. The first-order valence-electron chi connectivity index (χ1n) is 5.40. The summed E-state index contributed by atoms with van der Waals surface area (Å²) in [6, 6.07) is 0. The summed E-state index contributed by atoms with van der Waals surface area (Å²) in [7, 11) is 0. The molecule has 0 amide bonds. The lowest BCUT2D eigenvalue weighted by Gasteiger charge is -2.29. The third kappa shape index (κ3) is 2.53. The maximum Gasteiger partial charge on any atom is 0.0801 e. The third-order valence-corrected chi connectivity index (χ3v) is 3.02. The van der Waals surface area contributed by atoms with Crippen molar-refractivity contribution in [3.63, 3.8) is 0 Å². The molecule has 1 fully saturated rings. The Morgan fingerprint density at radius 2 is 2.25 bits per heavy atom. The van der Waals surface area contributed by atoms with E-state index in [2.05, 4.69) is 29.3 Å². The van der Waals surface area contributed by atoms with Crippen LogP contribution in [-0.4, -0.2) is 31.2 Å². The molecule has 2 aliphatic rings. The molecule has 1 aliphatic carbocycles. The van der Waals surface area contributed by atoms with Gasteiger partial charge in [0.05, 0.1) is 18.9 Å². The Labute approximate surface area is 101 Å². The van der Waals surface area contributed by atoms with Crippen LogP contribution >= 0.6 is 12.6 Å². The van der Waals surface area contributed by atoms with Gasteiger partial charge in [-0.15, -0.1) is 12.6 Å². The number of allylic oxidation sites excluding steroid dienone is 2. The maximum atomic E-state index is 5.85. The fourth-order valence-corrected chi connectivity index (χ4v) is 1.97. The van der Waals surface area contributed by atoms with Gasteiger partial charge in [0.2, 0.25) is 0 Å². The summed E-state index contributed by atoms with van der Waals surface area (Å²) >= 11 is 4.08. The van der Waals surface area contributed by atoms with E-state index < -0.39 is 0 Å². The monoisotopic (exact) mass is 236 g/mol. The molecule has 0 aromatic rings. The van der Waals surface area contributed by atoms with Crippen LogP contribution < -0.4 is 5.73 Å². The quantitative estimate of drug-likeness (QED) is 0.562. The van der Waals surface area contributed by atoms with Gasteiger partial charge >= 0.3 is 0 Å². The van der Waals surface area contributed by atoms with E-state index in [1.54, 1.807) is 5.41 Å². The molecule has 0 unspecified atom stereocenters. The van der Waals surface area contributed by atoms with Crippen LogP contribution in [0.3, 0.4) is 0 Å². The van der Waals surface area contributed by atoms with Crippen LogP contribution in [0.2, 0.25) is 0 Å². The van der Waals surface area contributed by atoms with E-state index in [-0.39, 0.29) is 0 Å². The van der Waals surface area contributed by atoms with E-state index in [1.165, 1.54) is 0 Å². The SMILES string of the molecule is N/C(=C\S)C1=CC(N2CCOCC2)=C=CC1. The van der Waals surface area contributed by atoms with E-state index in [1.807, 2.05) is 6.08 Å². The second-order valence-electron chi connectivity index (χ2n) is 3.79. The van der Waals surface area contributed by atoms with Crippen molar-refractivity contribution in [2.45, 2.75) is 6.42 Å². The molecule has 2 N–H and O–H groups in total. The van der Waals surface area contributed by atoms with Crippen molar-refractivity contribution in [1.82, 2.24) is 4.90 Å². The van der Waals surface area contributed by atoms with Crippen molar-refractivity contribution >= 4 is 12.6 Å². The smallest absolute Gasteiger partial charge is 0.0801 e. The molecule has 16 heavy (non-hydrogen) atoms. The van der Waals surface area contributed by atoms with Gasteiger partial charge in [0.15, 0.2) is 0 Å². The van der Waals surface area contributed by atoms with Gasteiger partial charge in [0, 0.05) is 25.2 Å². The highest BCUT2D eigenvalue weighted by Crippen LogP contribution is 2.20. The highest BCUT2D eigenvalue weighted by atomic mass is 32.1. The number of hydrogen-bond donors (Lipinski definition) is 2. The van der Waals surface area contributed by atoms with E-state index >= 15 is 0 Å². The van der Waals surface area contributed by atoms with E-state index in [4.69, 9.17) is 10.5 Å². The zero-order valence-corrected chi connectivity index (χ0v) is 10.0. The Bertz CT molecular complexity index is 386. The summed E-state index contributed by atoms with van der Waals surface area (Å²) in [5.74, 6) is 0. The number of nitrogens with zero attached hydrogens (tertiary/aromatic N) is 1. The molecule has 1 heterocycles. The van der Waals surface area contributed by atoms with Crippen LogP contribution in [0.15, 0.2) is 40.3 Å². The summed E-state index contributed by atoms with van der Waals surface area (Å²) in [6.07, 6.45) is 4.94. The van der Waals surface area contributed by atoms with Gasteiger partial charge in [-0.2, -0.15) is 0 Å². The second-order valence-corrected chi connectivity index (χ2v) is 4.05. The number of hydrogen-bond acceptors (Lipinski definition) is 4. The molecule has 1 aliphatic heterocycles. The van der Waals surface area contributed by atoms with Crippen molar-refractivity contribution < 1.29 is 4.74 Å². The Kier molecular flexibility index (Phi) is 3.78. The zero-order valence-electron chi connectivity index (χ0n) is 9.15. The molecular formula is C12H16N2OS. The lowest BCUT2D eigenvalue weighted by Crippen LogP contribution is -2.35. The Hall–Kier alpha value is -1.09. The van der Waals surface area contributed by atoms with Crippen molar-refractivity contribution in [2.24, 2.45) is 5.73 Å². The summed E-state index contributed by atoms with van der Waals surface area (Å²) in [6.45, 7) is 3.41. The van der Waals surface area contributed by atoms with Crippen LogP contribution in [0.5, 0.6) is 0 Å². The first-order chi connectivity index (χ1) is 7.81. The van der Waals surface area contributed by atoms with Gasteiger partial charge in [0.25, 0.3) is 0 Å². The Balaban J connectivity index is 2.15. The normalized spacial score (nSPS) is 21.8. The van der Waals surface area contributed by atoms with Crippen molar-refractivity contribution in [3.05, 3.63) is 40.3 Å². The predicted molar refractivity (Wildman–Crippen MR) is 67.9 cm³/mol. The largest absolute Gasteiger partial charge is 0.398 e. The molecule has 2 rings (SSSR count). The van der Waals surface area contributed by atoms with Gasteiger partial charge in [-0.3, -0.25) is 0 Å². The number of rotatable bonds is 2. The lowest BCUT2D eigenvalue weighted by molar-refractivity contribution is 0.0554.